The third-order valence-corrected chi connectivity index (χ3v) is 2.73. The fourth-order valence-corrected chi connectivity index (χ4v) is 1.94. The fourth-order valence-electron chi connectivity index (χ4n) is 1.27. The van der Waals surface area contributed by atoms with Crippen LogP contribution in [0, 0.1) is 6.92 Å². The van der Waals surface area contributed by atoms with Gasteiger partial charge in [-0.2, -0.15) is 11.3 Å². The summed E-state index contributed by atoms with van der Waals surface area (Å²) >= 11 is 1.61. The number of hydrogen-bond donors (Lipinski definition) is 0. The molecule has 0 aromatic carbocycles. The van der Waals surface area contributed by atoms with Crippen molar-refractivity contribution in [2.24, 2.45) is 0 Å². The zero-order valence-corrected chi connectivity index (χ0v) is 8.64. The van der Waals surface area contributed by atoms with Crippen LogP contribution in [-0.2, 0) is 6.42 Å². The lowest BCUT2D eigenvalue weighted by Crippen LogP contribution is -2.00. The lowest BCUT2D eigenvalue weighted by Gasteiger charge is -1.93. The number of carbonyl (C=O) groups excluding carboxylic acids is 1. The zero-order chi connectivity index (χ0) is 9.97. The molecule has 0 spiro atoms. The second-order valence-corrected chi connectivity index (χ2v) is 3.96. The molecule has 0 amide bonds. The Bertz CT molecular complexity index is 426. The number of aryl methyl sites for hydroxylation is 1. The van der Waals surface area contributed by atoms with E-state index in [4.69, 9.17) is 4.42 Å². The molecule has 0 saturated heterocycles. The Hall–Kier alpha value is -1.35. The molecular formula is C11H10O2S. The van der Waals surface area contributed by atoms with E-state index < -0.39 is 0 Å². The highest BCUT2D eigenvalue weighted by Crippen LogP contribution is 2.12. The normalized spacial score (nSPS) is 10.4. The molecule has 2 aromatic heterocycles. The molecule has 0 saturated carbocycles. The van der Waals surface area contributed by atoms with Gasteiger partial charge in [-0.15, -0.1) is 0 Å². The quantitative estimate of drug-likeness (QED) is 0.722. The van der Waals surface area contributed by atoms with E-state index in [0.29, 0.717) is 12.0 Å². The predicted molar refractivity (Wildman–Crippen MR) is 55.8 cm³/mol. The molecule has 72 valence electrons. The maximum atomic E-state index is 11.7. The second kappa shape index (κ2) is 3.80. The maximum absolute atomic E-state index is 11.7. The van der Waals surface area contributed by atoms with E-state index >= 15 is 0 Å². The largest absolute Gasteiger partial charge is 0.469 e. The van der Waals surface area contributed by atoms with Gasteiger partial charge in [0, 0.05) is 6.42 Å². The first-order valence-electron chi connectivity index (χ1n) is 4.35. The molecule has 14 heavy (non-hydrogen) atoms. The molecule has 0 aliphatic carbocycles. The third kappa shape index (κ3) is 1.93. The first-order chi connectivity index (χ1) is 6.75. The van der Waals surface area contributed by atoms with Crippen LogP contribution < -0.4 is 0 Å². The van der Waals surface area contributed by atoms with Gasteiger partial charge in [0.1, 0.15) is 12.0 Å². The van der Waals surface area contributed by atoms with Crippen molar-refractivity contribution in [3.8, 4) is 0 Å². The summed E-state index contributed by atoms with van der Waals surface area (Å²) in [7, 11) is 0. The molecule has 0 aliphatic rings. The van der Waals surface area contributed by atoms with Gasteiger partial charge >= 0.3 is 0 Å². The maximum Gasteiger partial charge on any atom is 0.170 e. The molecule has 0 unspecified atom stereocenters. The number of rotatable bonds is 3. The summed E-state index contributed by atoms with van der Waals surface area (Å²) < 4.78 is 5.09. The van der Waals surface area contributed by atoms with Gasteiger partial charge < -0.3 is 4.42 Å². The van der Waals surface area contributed by atoms with E-state index in [2.05, 4.69) is 0 Å². The highest BCUT2D eigenvalue weighted by molar-refractivity contribution is 7.08. The molecular weight excluding hydrogens is 196 g/mol. The van der Waals surface area contributed by atoms with Crippen LogP contribution >= 0.6 is 11.3 Å². The van der Waals surface area contributed by atoms with Crippen LogP contribution in [0.2, 0.25) is 0 Å². The van der Waals surface area contributed by atoms with E-state index in [-0.39, 0.29) is 5.78 Å². The van der Waals surface area contributed by atoms with Crippen LogP contribution in [0.25, 0.3) is 0 Å². The first kappa shape index (κ1) is 9.21. The van der Waals surface area contributed by atoms with Crippen molar-refractivity contribution in [1.29, 1.82) is 0 Å². The topological polar surface area (TPSA) is 30.2 Å². The third-order valence-electron chi connectivity index (χ3n) is 2.00. The van der Waals surface area contributed by atoms with Crippen molar-refractivity contribution in [3.05, 3.63) is 46.0 Å². The van der Waals surface area contributed by atoms with Crippen LogP contribution in [0.1, 0.15) is 21.7 Å². The number of Topliss-reactive ketones (excluding diaryl/α,β-unsaturated/α-hetero) is 1. The monoisotopic (exact) mass is 206 g/mol. The van der Waals surface area contributed by atoms with Crippen LogP contribution in [0.5, 0.6) is 0 Å². The Morgan fingerprint density at radius 1 is 1.57 bits per heavy atom. The number of carbonyl (C=O) groups is 1. The van der Waals surface area contributed by atoms with Crippen molar-refractivity contribution in [3.63, 3.8) is 0 Å². The van der Waals surface area contributed by atoms with E-state index in [1.165, 1.54) is 6.26 Å². The Kier molecular flexibility index (Phi) is 2.50. The molecule has 0 atom stereocenters. The van der Waals surface area contributed by atoms with E-state index in [1.54, 1.807) is 17.4 Å². The first-order valence-corrected chi connectivity index (χ1v) is 5.29. The molecule has 0 radical (unpaired) electrons. The van der Waals surface area contributed by atoms with Crippen LogP contribution in [0.4, 0.5) is 0 Å². The zero-order valence-electron chi connectivity index (χ0n) is 7.82. The number of hydrogen-bond acceptors (Lipinski definition) is 3. The van der Waals surface area contributed by atoms with Crippen LogP contribution in [-0.4, -0.2) is 5.78 Å². The summed E-state index contributed by atoms with van der Waals surface area (Å²) in [4.78, 5) is 11.7. The Morgan fingerprint density at radius 3 is 3.00 bits per heavy atom. The average Bonchev–Trinajstić information content (AvgIpc) is 2.75. The minimum absolute atomic E-state index is 0.111. The lowest BCUT2D eigenvalue weighted by atomic mass is 10.1. The smallest absolute Gasteiger partial charge is 0.170 e. The van der Waals surface area contributed by atoms with Crippen molar-refractivity contribution in [2.45, 2.75) is 13.3 Å². The number of furan rings is 1. The molecule has 0 bridgehead atoms. The summed E-state index contributed by atoms with van der Waals surface area (Å²) in [6, 6.07) is 3.74. The molecule has 2 rings (SSSR count). The van der Waals surface area contributed by atoms with E-state index in [0.717, 1.165) is 11.3 Å². The second-order valence-electron chi connectivity index (χ2n) is 3.18. The molecule has 2 nitrogen and oxygen atoms in total. The van der Waals surface area contributed by atoms with Gasteiger partial charge in [0.2, 0.25) is 0 Å². The van der Waals surface area contributed by atoms with Gasteiger partial charge in [-0.3, -0.25) is 4.79 Å². The fraction of sp³-hybridized carbons (Fsp3) is 0.182. The van der Waals surface area contributed by atoms with Gasteiger partial charge in [0.15, 0.2) is 5.78 Å². The van der Waals surface area contributed by atoms with Gasteiger partial charge in [-0.05, 0) is 35.4 Å². The summed E-state index contributed by atoms with van der Waals surface area (Å²) in [5, 5.41) is 3.97. The van der Waals surface area contributed by atoms with Gasteiger partial charge in [-0.25, -0.2) is 0 Å². The molecule has 0 N–H and O–H groups in total. The van der Waals surface area contributed by atoms with E-state index in [1.807, 2.05) is 23.8 Å². The highest BCUT2D eigenvalue weighted by atomic mass is 32.1. The molecule has 3 heteroatoms. The van der Waals surface area contributed by atoms with Gasteiger partial charge in [0.05, 0.1) is 5.56 Å². The highest BCUT2D eigenvalue weighted by Gasteiger charge is 2.09. The molecule has 2 aromatic rings. The summed E-state index contributed by atoms with van der Waals surface area (Å²) in [5.74, 6) is 0.888. The average molecular weight is 206 g/mol. The summed E-state index contributed by atoms with van der Waals surface area (Å²) in [6.45, 7) is 1.83. The van der Waals surface area contributed by atoms with Crippen molar-refractivity contribution in [2.75, 3.05) is 0 Å². The van der Waals surface area contributed by atoms with E-state index in [9.17, 15) is 4.79 Å². The number of ketones is 1. The van der Waals surface area contributed by atoms with Crippen LogP contribution in [0.15, 0.2) is 33.6 Å². The van der Waals surface area contributed by atoms with Gasteiger partial charge in [-0.1, -0.05) is 0 Å². The van der Waals surface area contributed by atoms with Crippen LogP contribution in [0.3, 0.4) is 0 Å². The predicted octanol–water partition coefficient (Wildman–Crippen LogP) is 3.07. The SMILES string of the molecule is Cc1cc(C(=O)Cc2ccsc2)co1. The Balaban J connectivity index is 2.10. The molecule has 0 aliphatic heterocycles. The van der Waals surface area contributed by atoms with Crippen molar-refractivity contribution in [1.82, 2.24) is 0 Å². The Morgan fingerprint density at radius 2 is 2.43 bits per heavy atom. The molecule has 0 fully saturated rings. The molecule has 2 heterocycles. The minimum atomic E-state index is 0.111. The number of thiophene rings is 1. The van der Waals surface area contributed by atoms with Gasteiger partial charge in [0.25, 0.3) is 0 Å². The standard InChI is InChI=1S/C11H10O2S/c1-8-4-10(6-13-8)11(12)5-9-2-3-14-7-9/h2-4,6-7H,5H2,1H3. The lowest BCUT2D eigenvalue weighted by molar-refractivity contribution is 0.0992. The Labute approximate surface area is 86.2 Å². The summed E-state index contributed by atoms with van der Waals surface area (Å²) in [5.41, 5.74) is 1.73. The minimum Gasteiger partial charge on any atom is -0.469 e. The van der Waals surface area contributed by atoms with Crippen molar-refractivity contribution >= 4 is 17.1 Å². The summed E-state index contributed by atoms with van der Waals surface area (Å²) in [6.07, 6.45) is 1.98. The van der Waals surface area contributed by atoms with Crippen molar-refractivity contribution < 1.29 is 9.21 Å².